The number of hydrogen-bond donors (Lipinski definition) is 0. The molecule has 1 saturated heterocycles. The standard InChI is InChI=1S/C20H31BO2Si/c1-19(2)20(3,4)23-21(22-19)16-12-14-18(15-13-16)24(5,6)17-10-8-7-9-11-17/h7-12,14,16,18H,13,15H2,1-6H3/t16-,18+/m0/s1. The van der Waals surface area contributed by atoms with Gasteiger partial charge in [-0.15, -0.1) is 0 Å². The first-order valence-electron chi connectivity index (χ1n) is 9.23. The summed E-state index contributed by atoms with van der Waals surface area (Å²) >= 11 is 0. The second-order valence-corrected chi connectivity index (χ2v) is 13.7. The highest BCUT2D eigenvalue weighted by Crippen LogP contribution is 2.44. The van der Waals surface area contributed by atoms with E-state index in [1.807, 2.05) is 0 Å². The van der Waals surface area contributed by atoms with Crippen LogP contribution in [0.15, 0.2) is 42.5 Å². The zero-order valence-electron chi connectivity index (χ0n) is 16.0. The summed E-state index contributed by atoms with van der Waals surface area (Å²) in [5.41, 5.74) is 0.222. The minimum absolute atomic E-state index is 0.103. The average molecular weight is 342 g/mol. The Morgan fingerprint density at radius 1 is 0.917 bits per heavy atom. The van der Waals surface area contributed by atoms with E-state index in [2.05, 4.69) is 83.3 Å². The minimum Gasteiger partial charge on any atom is -0.403 e. The lowest BCUT2D eigenvalue weighted by Gasteiger charge is -2.35. The Kier molecular flexibility index (Phi) is 4.61. The predicted octanol–water partition coefficient (Wildman–Crippen LogP) is 4.78. The van der Waals surface area contributed by atoms with Crippen LogP contribution in [0, 0.1) is 0 Å². The smallest absolute Gasteiger partial charge is 0.403 e. The van der Waals surface area contributed by atoms with Crippen LogP contribution in [0.5, 0.6) is 0 Å². The zero-order valence-corrected chi connectivity index (χ0v) is 17.0. The first-order chi connectivity index (χ1) is 11.1. The van der Waals surface area contributed by atoms with Gasteiger partial charge in [-0.05, 0) is 46.1 Å². The van der Waals surface area contributed by atoms with Crippen LogP contribution in [-0.4, -0.2) is 26.4 Å². The molecule has 1 heterocycles. The second-order valence-electron chi connectivity index (χ2n) is 8.95. The Morgan fingerprint density at radius 2 is 1.50 bits per heavy atom. The van der Waals surface area contributed by atoms with Gasteiger partial charge in [-0.3, -0.25) is 0 Å². The van der Waals surface area contributed by atoms with Crippen molar-refractivity contribution in [2.24, 2.45) is 0 Å². The molecule has 1 aliphatic carbocycles. The van der Waals surface area contributed by atoms with Crippen LogP contribution in [0.4, 0.5) is 0 Å². The van der Waals surface area contributed by atoms with Gasteiger partial charge < -0.3 is 9.31 Å². The van der Waals surface area contributed by atoms with E-state index in [1.165, 1.54) is 6.42 Å². The summed E-state index contributed by atoms with van der Waals surface area (Å²) in [5.74, 6) is 0.378. The Labute approximate surface area is 148 Å². The maximum atomic E-state index is 6.25. The average Bonchev–Trinajstić information content (AvgIpc) is 2.76. The molecule has 0 saturated carbocycles. The highest BCUT2D eigenvalue weighted by atomic mass is 28.3. The van der Waals surface area contributed by atoms with Gasteiger partial charge in [0.05, 0.1) is 19.3 Å². The van der Waals surface area contributed by atoms with Crippen LogP contribution < -0.4 is 5.19 Å². The van der Waals surface area contributed by atoms with E-state index in [0.29, 0.717) is 11.4 Å². The summed E-state index contributed by atoms with van der Waals surface area (Å²) in [6.45, 7) is 13.5. The molecule has 1 fully saturated rings. The van der Waals surface area contributed by atoms with Crippen molar-refractivity contribution in [3.05, 3.63) is 42.5 Å². The van der Waals surface area contributed by atoms with Crippen LogP contribution in [0.2, 0.25) is 24.5 Å². The van der Waals surface area contributed by atoms with Gasteiger partial charge in [0.25, 0.3) is 0 Å². The fourth-order valence-corrected chi connectivity index (χ4v) is 6.78. The molecular weight excluding hydrogens is 311 g/mol. The van der Waals surface area contributed by atoms with Gasteiger partial charge in [-0.2, -0.15) is 0 Å². The molecule has 3 rings (SSSR count). The van der Waals surface area contributed by atoms with E-state index in [0.717, 1.165) is 6.42 Å². The molecule has 2 atom stereocenters. The molecule has 24 heavy (non-hydrogen) atoms. The van der Waals surface area contributed by atoms with Crippen LogP contribution in [0.3, 0.4) is 0 Å². The molecule has 130 valence electrons. The Bertz CT molecular complexity index is 593. The van der Waals surface area contributed by atoms with Crippen molar-refractivity contribution in [2.75, 3.05) is 0 Å². The van der Waals surface area contributed by atoms with E-state index < -0.39 is 8.07 Å². The SMILES string of the molecule is CC1(C)OB([C@H]2C=C[C@@H]([Si](C)(C)c3ccccc3)CC2)OC1(C)C. The molecule has 2 nitrogen and oxygen atoms in total. The molecule has 0 unspecified atom stereocenters. The Morgan fingerprint density at radius 3 is 2.00 bits per heavy atom. The van der Waals surface area contributed by atoms with Gasteiger partial charge in [0.2, 0.25) is 0 Å². The molecule has 0 amide bonds. The molecule has 0 aromatic heterocycles. The summed E-state index contributed by atoms with van der Waals surface area (Å²) in [5, 5.41) is 1.55. The lowest BCUT2D eigenvalue weighted by Crippen LogP contribution is -2.46. The minimum atomic E-state index is -1.47. The van der Waals surface area contributed by atoms with Gasteiger partial charge in [-0.1, -0.05) is 60.8 Å². The van der Waals surface area contributed by atoms with Crippen molar-refractivity contribution in [1.29, 1.82) is 0 Å². The molecule has 0 radical (unpaired) electrons. The number of rotatable bonds is 3. The van der Waals surface area contributed by atoms with Gasteiger partial charge in [-0.25, -0.2) is 0 Å². The fraction of sp³-hybridized carbons (Fsp3) is 0.600. The first kappa shape index (κ1) is 18.0. The molecule has 1 aromatic carbocycles. The second kappa shape index (κ2) is 6.15. The van der Waals surface area contributed by atoms with Crippen LogP contribution >= 0.6 is 0 Å². The third-order valence-electron chi connectivity index (χ3n) is 6.47. The zero-order chi connectivity index (χ0) is 17.6. The van der Waals surface area contributed by atoms with E-state index in [-0.39, 0.29) is 18.3 Å². The Balaban J connectivity index is 1.71. The fourth-order valence-electron chi connectivity index (χ4n) is 3.81. The molecule has 4 heteroatoms. The van der Waals surface area contributed by atoms with E-state index in [1.54, 1.807) is 5.19 Å². The lowest BCUT2D eigenvalue weighted by molar-refractivity contribution is 0.00578. The monoisotopic (exact) mass is 342 g/mol. The third kappa shape index (κ3) is 3.16. The maximum Gasteiger partial charge on any atom is 0.465 e. The van der Waals surface area contributed by atoms with Gasteiger partial charge >= 0.3 is 7.12 Å². The summed E-state index contributed by atoms with van der Waals surface area (Å²) in [6.07, 6.45) is 7.22. The summed E-state index contributed by atoms with van der Waals surface area (Å²) < 4.78 is 12.5. The molecule has 1 aliphatic heterocycles. The molecule has 0 N–H and O–H groups in total. The van der Waals surface area contributed by atoms with E-state index in [4.69, 9.17) is 9.31 Å². The predicted molar refractivity (Wildman–Crippen MR) is 106 cm³/mol. The summed E-state index contributed by atoms with van der Waals surface area (Å²) in [4.78, 5) is 0. The molecule has 2 aliphatic rings. The summed E-state index contributed by atoms with van der Waals surface area (Å²) in [7, 11) is -1.58. The van der Waals surface area contributed by atoms with Crippen molar-refractivity contribution >= 4 is 20.4 Å². The normalized spacial score (nSPS) is 29.0. The van der Waals surface area contributed by atoms with Crippen molar-refractivity contribution in [3.8, 4) is 0 Å². The van der Waals surface area contributed by atoms with Crippen molar-refractivity contribution in [3.63, 3.8) is 0 Å². The molecular formula is C20H31BO2Si. The van der Waals surface area contributed by atoms with E-state index in [9.17, 15) is 0 Å². The van der Waals surface area contributed by atoms with Gasteiger partial charge in [0.1, 0.15) is 0 Å². The van der Waals surface area contributed by atoms with Crippen molar-refractivity contribution in [2.45, 2.75) is 76.2 Å². The highest BCUT2D eigenvalue weighted by molar-refractivity contribution is 6.91. The topological polar surface area (TPSA) is 18.5 Å². The third-order valence-corrected chi connectivity index (χ3v) is 10.6. The van der Waals surface area contributed by atoms with Crippen molar-refractivity contribution in [1.82, 2.24) is 0 Å². The van der Waals surface area contributed by atoms with Crippen molar-refractivity contribution < 1.29 is 9.31 Å². The number of allylic oxidation sites excluding steroid dienone is 2. The lowest BCUT2D eigenvalue weighted by atomic mass is 9.67. The number of benzene rings is 1. The summed E-state index contributed by atoms with van der Waals surface area (Å²) in [6, 6.07) is 11.1. The molecule has 0 spiro atoms. The first-order valence-corrected chi connectivity index (χ1v) is 12.3. The van der Waals surface area contributed by atoms with Crippen LogP contribution in [0.25, 0.3) is 0 Å². The highest BCUT2D eigenvalue weighted by Gasteiger charge is 2.53. The molecule has 1 aromatic rings. The van der Waals surface area contributed by atoms with E-state index >= 15 is 0 Å². The van der Waals surface area contributed by atoms with Crippen LogP contribution in [0.1, 0.15) is 40.5 Å². The largest absolute Gasteiger partial charge is 0.465 e. The van der Waals surface area contributed by atoms with Crippen LogP contribution in [-0.2, 0) is 9.31 Å². The number of hydrogen-bond acceptors (Lipinski definition) is 2. The van der Waals surface area contributed by atoms with Gasteiger partial charge in [0.15, 0.2) is 0 Å². The van der Waals surface area contributed by atoms with Gasteiger partial charge in [0, 0.05) is 5.82 Å². The maximum absolute atomic E-state index is 6.25. The quantitative estimate of drug-likeness (QED) is 0.581. The molecule has 0 bridgehead atoms. The Hall–Kier alpha value is -0.838.